The molecule has 2 rings (SSSR count). The fraction of sp³-hybridized carbons (Fsp3) is 0.385. The first-order valence-electron chi connectivity index (χ1n) is 6.08. The van der Waals surface area contributed by atoms with Gasteiger partial charge in [-0.2, -0.15) is 13.2 Å². The number of benzene rings is 1. The van der Waals surface area contributed by atoms with Crippen molar-refractivity contribution in [3.8, 4) is 0 Å². The molecule has 1 heterocycles. The second-order valence-electron chi connectivity index (χ2n) is 4.64. The van der Waals surface area contributed by atoms with E-state index in [1.807, 2.05) is 6.92 Å². The van der Waals surface area contributed by atoms with E-state index in [9.17, 15) is 18.0 Å². The van der Waals surface area contributed by atoms with Gasteiger partial charge in [-0.1, -0.05) is 0 Å². The largest absolute Gasteiger partial charge is 0.416 e. The van der Waals surface area contributed by atoms with Gasteiger partial charge in [-0.15, -0.1) is 0 Å². The molecule has 0 radical (unpaired) electrons. The standard InChI is InChI=1S/C13H14F3N3O/c1-7(17-2)5-11-18-10-4-3-8(13(14,15)16)6-9(10)12(20)19-11/h3-4,6-7,17H,5H2,1-2H3,(H,18,19,20). The molecular formula is C13H14F3N3O. The van der Waals surface area contributed by atoms with Gasteiger partial charge in [0.2, 0.25) is 0 Å². The molecule has 0 saturated carbocycles. The molecule has 20 heavy (non-hydrogen) atoms. The van der Waals surface area contributed by atoms with E-state index in [2.05, 4.69) is 15.3 Å². The van der Waals surface area contributed by atoms with E-state index in [4.69, 9.17) is 0 Å². The Kier molecular flexibility index (Phi) is 3.80. The molecule has 0 aliphatic carbocycles. The van der Waals surface area contributed by atoms with Crippen molar-refractivity contribution < 1.29 is 13.2 Å². The van der Waals surface area contributed by atoms with E-state index < -0.39 is 17.3 Å². The molecule has 0 aliphatic heterocycles. The number of hydrogen-bond acceptors (Lipinski definition) is 3. The smallest absolute Gasteiger partial charge is 0.317 e. The Hall–Kier alpha value is -1.89. The fourth-order valence-electron chi connectivity index (χ4n) is 1.85. The van der Waals surface area contributed by atoms with Crippen LogP contribution in [0.25, 0.3) is 10.9 Å². The van der Waals surface area contributed by atoms with Crippen molar-refractivity contribution in [1.29, 1.82) is 0 Å². The van der Waals surface area contributed by atoms with Crippen LogP contribution >= 0.6 is 0 Å². The van der Waals surface area contributed by atoms with Gasteiger partial charge in [0.25, 0.3) is 5.56 Å². The van der Waals surface area contributed by atoms with Crippen molar-refractivity contribution in [2.45, 2.75) is 25.6 Å². The first kappa shape index (κ1) is 14.5. The third-order valence-electron chi connectivity index (χ3n) is 3.07. The average Bonchev–Trinajstić information content (AvgIpc) is 2.37. The Morgan fingerprint density at radius 2 is 2.10 bits per heavy atom. The Morgan fingerprint density at radius 3 is 2.70 bits per heavy atom. The van der Waals surface area contributed by atoms with Gasteiger partial charge in [0.1, 0.15) is 5.82 Å². The predicted molar refractivity (Wildman–Crippen MR) is 69.6 cm³/mol. The SMILES string of the molecule is CNC(C)Cc1nc2ccc(C(F)(F)F)cc2c(=O)[nH]1. The van der Waals surface area contributed by atoms with Crippen LogP contribution in [0.4, 0.5) is 13.2 Å². The number of halogens is 3. The molecule has 0 fully saturated rings. The third-order valence-corrected chi connectivity index (χ3v) is 3.07. The second kappa shape index (κ2) is 5.24. The topological polar surface area (TPSA) is 57.8 Å². The monoisotopic (exact) mass is 285 g/mol. The van der Waals surface area contributed by atoms with Gasteiger partial charge in [-0.05, 0) is 32.2 Å². The van der Waals surface area contributed by atoms with Crippen molar-refractivity contribution in [3.05, 3.63) is 39.9 Å². The summed E-state index contributed by atoms with van der Waals surface area (Å²) in [4.78, 5) is 18.6. The van der Waals surface area contributed by atoms with Gasteiger partial charge in [0.05, 0.1) is 16.5 Å². The van der Waals surface area contributed by atoms with Crippen molar-refractivity contribution in [1.82, 2.24) is 15.3 Å². The maximum atomic E-state index is 12.6. The molecule has 4 nitrogen and oxygen atoms in total. The number of nitrogens with one attached hydrogen (secondary N) is 2. The van der Waals surface area contributed by atoms with Crippen LogP contribution in [0.3, 0.4) is 0 Å². The summed E-state index contributed by atoms with van der Waals surface area (Å²) in [5.74, 6) is 0.448. The summed E-state index contributed by atoms with van der Waals surface area (Å²) in [7, 11) is 1.78. The molecule has 2 aromatic rings. The number of aromatic amines is 1. The average molecular weight is 285 g/mol. The van der Waals surface area contributed by atoms with E-state index in [-0.39, 0.29) is 16.9 Å². The Morgan fingerprint density at radius 1 is 1.40 bits per heavy atom. The van der Waals surface area contributed by atoms with Crippen molar-refractivity contribution in [2.75, 3.05) is 7.05 Å². The summed E-state index contributed by atoms with van der Waals surface area (Å²) in [5, 5.41) is 2.94. The number of hydrogen-bond donors (Lipinski definition) is 2. The molecule has 1 unspecified atom stereocenters. The lowest BCUT2D eigenvalue weighted by molar-refractivity contribution is -0.137. The van der Waals surface area contributed by atoms with E-state index in [0.717, 1.165) is 12.1 Å². The maximum absolute atomic E-state index is 12.6. The number of likely N-dealkylation sites (N-methyl/N-ethyl adjacent to an activating group) is 1. The van der Waals surface area contributed by atoms with E-state index in [1.165, 1.54) is 6.07 Å². The lowest BCUT2D eigenvalue weighted by atomic mass is 10.1. The second-order valence-corrected chi connectivity index (χ2v) is 4.64. The zero-order chi connectivity index (χ0) is 14.9. The molecule has 0 spiro atoms. The van der Waals surface area contributed by atoms with Crippen LogP contribution in [0.2, 0.25) is 0 Å². The third kappa shape index (κ3) is 2.98. The van der Waals surface area contributed by atoms with Crippen LogP contribution in [0.15, 0.2) is 23.0 Å². The minimum absolute atomic E-state index is 0.0549. The molecule has 1 aromatic heterocycles. The van der Waals surface area contributed by atoms with Crippen LogP contribution < -0.4 is 10.9 Å². The number of fused-ring (bicyclic) bond motifs is 1. The molecule has 108 valence electrons. The number of alkyl halides is 3. The van der Waals surface area contributed by atoms with Crippen LogP contribution in [0.5, 0.6) is 0 Å². The van der Waals surface area contributed by atoms with E-state index in [1.54, 1.807) is 7.05 Å². The minimum Gasteiger partial charge on any atom is -0.317 e. The van der Waals surface area contributed by atoms with Gasteiger partial charge in [0, 0.05) is 12.5 Å². The highest BCUT2D eigenvalue weighted by Crippen LogP contribution is 2.30. The summed E-state index contributed by atoms with van der Waals surface area (Å²) < 4.78 is 37.8. The highest BCUT2D eigenvalue weighted by Gasteiger charge is 2.30. The molecule has 1 aromatic carbocycles. The van der Waals surface area contributed by atoms with Crippen molar-refractivity contribution >= 4 is 10.9 Å². The Balaban J connectivity index is 2.50. The van der Waals surface area contributed by atoms with Crippen LogP contribution in [-0.2, 0) is 12.6 Å². The number of rotatable bonds is 3. The van der Waals surface area contributed by atoms with Gasteiger partial charge >= 0.3 is 6.18 Å². The summed E-state index contributed by atoms with van der Waals surface area (Å²) >= 11 is 0. The lowest BCUT2D eigenvalue weighted by Gasteiger charge is -2.10. The molecule has 0 bridgehead atoms. The Bertz CT molecular complexity index is 679. The maximum Gasteiger partial charge on any atom is 0.416 e. The van der Waals surface area contributed by atoms with E-state index in [0.29, 0.717) is 12.2 Å². The summed E-state index contributed by atoms with van der Waals surface area (Å²) in [6.07, 6.45) is -3.98. The lowest BCUT2D eigenvalue weighted by Crippen LogP contribution is -2.26. The highest BCUT2D eigenvalue weighted by molar-refractivity contribution is 5.78. The van der Waals surface area contributed by atoms with Crippen LogP contribution in [-0.4, -0.2) is 23.1 Å². The van der Waals surface area contributed by atoms with Gasteiger partial charge < -0.3 is 10.3 Å². The summed E-state index contributed by atoms with van der Waals surface area (Å²) in [6, 6.07) is 3.08. The first-order chi connectivity index (χ1) is 9.31. The molecule has 0 amide bonds. The molecule has 0 aliphatic rings. The number of nitrogens with zero attached hydrogens (tertiary/aromatic N) is 1. The Labute approximate surface area is 113 Å². The quantitative estimate of drug-likeness (QED) is 0.908. The zero-order valence-corrected chi connectivity index (χ0v) is 11.0. The first-order valence-corrected chi connectivity index (χ1v) is 6.08. The van der Waals surface area contributed by atoms with Crippen LogP contribution in [0.1, 0.15) is 18.3 Å². The van der Waals surface area contributed by atoms with Gasteiger partial charge in [-0.3, -0.25) is 4.79 Å². The molecule has 2 N–H and O–H groups in total. The molecule has 1 atom stereocenters. The van der Waals surface area contributed by atoms with E-state index >= 15 is 0 Å². The summed E-state index contributed by atoms with van der Waals surface area (Å²) in [5.41, 5.74) is -1.15. The molecular weight excluding hydrogens is 271 g/mol. The zero-order valence-electron chi connectivity index (χ0n) is 11.0. The number of H-pyrrole nitrogens is 1. The highest BCUT2D eigenvalue weighted by atomic mass is 19.4. The molecule has 0 saturated heterocycles. The fourth-order valence-corrected chi connectivity index (χ4v) is 1.85. The van der Waals surface area contributed by atoms with Crippen molar-refractivity contribution in [3.63, 3.8) is 0 Å². The minimum atomic E-state index is -4.47. The summed E-state index contributed by atoms with van der Waals surface area (Å²) in [6.45, 7) is 1.91. The van der Waals surface area contributed by atoms with Crippen molar-refractivity contribution in [2.24, 2.45) is 0 Å². The van der Waals surface area contributed by atoms with Crippen LogP contribution in [0, 0.1) is 0 Å². The predicted octanol–water partition coefficient (Wildman–Crippen LogP) is 2.09. The van der Waals surface area contributed by atoms with Gasteiger partial charge in [-0.25, -0.2) is 4.98 Å². The molecule has 7 heteroatoms. The van der Waals surface area contributed by atoms with Gasteiger partial charge in [0.15, 0.2) is 0 Å². The normalized spacial score (nSPS) is 13.7. The number of aromatic nitrogens is 2.